The molecule has 0 aliphatic heterocycles. The van der Waals surface area contributed by atoms with Crippen molar-refractivity contribution in [3.8, 4) is 11.5 Å². The van der Waals surface area contributed by atoms with Gasteiger partial charge in [0.1, 0.15) is 24.7 Å². The number of ether oxygens (including phenoxy) is 2. The van der Waals surface area contributed by atoms with Crippen molar-refractivity contribution in [3.05, 3.63) is 24.3 Å². The number of benzene rings is 1. The van der Waals surface area contributed by atoms with E-state index in [9.17, 15) is 0 Å². The fourth-order valence-electron chi connectivity index (χ4n) is 0.881. The molecule has 0 atom stereocenters. The first-order chi connectivity index (χ1) is 5.86. The summed E-state index contributed by atoms with van der Waals surface area (Å²) in [5.74, 6) is 1.65. The first-order valence-electron chi connectivity index (χ1n) is 3.93. The van der Waals surface area contributed by atoms with Gasteiger partial charge in [0.25, 0.3) is 0 Å². The van der Waals surface area contributed by atoms with Gasteiger partial charge in [-0.1, -0.05) is 6.07 Å². The standard InChI is InChI=1S/C9H13NO2/c1-11-8-3-2-4-9(7-8)12-6-5-10/h2-4,7H,5-6,10H2,1H3/p+1. The number of hydrogen-bond donors (Lipinski definition) is 1. The molecule has 0 unspecified atom stereocenters. The summed E-state index contributed by atoms with van der Waals surface area (Å²) in [5, 5.41) is 0. The molecular weight excluding hydrogens is 154 g/mol. The second-order valence-corrected chi connectivity index (χ2v) is 2.38. The number of methoxy groups -OCH3 is 1. The molecule has 0 aromatic heterocycles. The second-order valence-electron chi connectivity index (χ2n) is 2.38. The van der Waals surface area contributed by atoms with Crippen LogP contribution in [0.1, 0.15) is 0 Å². The quantitative estimate of drug-likeness (QED) is 0.703. The summed E-state index contributed by atoms with van der Waals surface area (Å²) in [7, 11) is 1.64. The van der Waals surface area contributed by atoms with Crippen molar-refractivity contribution in [2.45, 2.75) is 0 Å². The largest absolute Gasteiger partial charge is 0.497 e. The zero-order chi connectivity index (χ0) is 8.81. The van der Waals surface area contributed by atoms with Gasteiger partial charge in [-0.15, -0.1) is 0 Å². The molecule has 0 saturated heterocycles. The van der Waals surface area contributed by atoms with Gasteiger partial charge in [0, 0.05) is 6.07 Å². The maximum atomic E-state index is 5.36. The van der Waals surface area contributed by atoms with Gasteiger partial charge in [-0.05, 0) is 12.1 Å². The lowest BCUT2D eigenvalue weighted by atomic mass is 10.3. The van der Waals surface area contributed by atoms with Crippen LogP contribution in [-0.4, -0.2) is 20.3 Å². The maximum Gasteiger partial charge on any atom is 0.137 e. The highest BCUT2D eigenvalue weighted by molar-refractivity contribution is 5.32. The Morgan fingerprint density at radius 3 is 2.75 bits per heavy atom. The third-order valence-corrected chi connectivity index (χ3v) is 1.45. The molecule has 66 valence electrons. The van der Waals surface area contributed by atoms with Crippen LogP contribution < -0.4 is 15.2 Å². The van der Waals surface area contributed by atoms with E-state index in [1.54, 1.807) is 7.11 Å². The summed E-state index contributed by atoms with van der Waals surface area (Å²) in [6.45, 7) is 1.42. The molecule has 3 nitrogen and oxygen atoms in total. The Bertz CT molecular complexity index is 238. The Hall–Kier alpha value is -1.22. The second kappa shape index (κ2) is 4.62. The Kier molecular flexibility index (Phi) is 3.41. The van der Waals surface area contributed by atoms with Crippen molar-refractivity contribution >= 4 is 0 Å². The summed E-state index contributed by atoms with van der Waals surface area (Å²) in [6.07, 6.45) is 0. The van der Waals surface area contributed by atoms with Crippen molar-refractivity contribution < 1.29 is 15.2 Å². The summed E-state index contributed by atoms with van der Waals surface area (Å²) >= 11 is 0. The molecule has 0 fully saturated rings. The molecule has 1 rings (SSSR count). The minimum absolute atomic E-state index is 0.646. The lowest BCUT2D eigenvalue weighted by molar-refractivity contribution is -0.370. The minimum Gasteiger partial charge on any atom is -0.497 e. The van der Waals surface area contributed by atoms with Crippen molar-refractivity contribution in [1.29, 1.82) is 0 Å². The smallest absolute Gasteiger partial charge is 0.137 e. The third kappa shape index (κ3) is 2.43. The van der Waals surface area contributed by atoms with Gasteiger partial charge in [0.15, 0.2) is 0 Å². The summed E-state index contributed by atoms with van der Waals surface area (Å²) in [4.78, 5) is 0. The number of hydrogen-bond acceptors (Lipinski definition) is 2. The molecule has 0 saturated carbocycles. The normalized spacial score (nSPS) is 9.50. The van der Waals surface area contributed by atoms with Crippen molar-refractivity contribution in [2.75, 3.05) is 20.3 Å². The minimum atomic E-state index is 0.646. The van der Waals surface area contributed by atoms with Crippen LogP contribution in [0.3, 0.4) is 0 Å². The molecule has 1 aromatic carbocycles. The number of rotatable bonds is 4. The predicted octanol–water partition coefficient (Wildman–Crippen LogP) is 0.316. The fraction of sp³-hybridized carbons (Fsp3) is 0.333. The maximum absolute atomic E-state index is 5.36. The van der Waals surface area contributed by atoms with E-state index in [2.05, 4.69) is 5.73 Å². The lowest BCUT2D eigenvalue weighted by Crippen LogP contribution is -2.52. The Labute approximate surface area is 72.1 Å². The van der Waals surface area contributed by atoms with Crippen LogP contribution in [0.5, 0.6) is 11.5 Å². The molecule has 0 spiro atoms. The lowest BCUT2D eigenvalue weighted by Gasteiger charge is -2.04. The molecule has 0 radical (unpaired) electrons. The van der Waals surface area contributed by atoms with Crippen LogP contribution >= 0.6 is 0 Å². The van der Waals surface area contributed by atoms with Crippen molar-refractivity contribution in [2.24, 2.45) is 0 Å². The van der Waals surface area contributed by atoms with E-state index in [1.165, 1.54) is 0 Å². The first-order valence-corrected chi connectivity index (χ1v) is 3.93. The van der Waals surface area contributed by atoms with Crippen molar-refractivity contribution in [1.82, 2.24) is 0 Å². The molecule has 0 heterocycles. The molecule has 3 heteroatoms. The molecule has 3 N–H and O–H groups in total. The molecule has 0 bridgehead atoms. The van der Waals surface area contributed by atoms with Gasteiger partial charge in [0.2, 0.25) is 0 Å². The van der Waals surface area contributed by atoms with Crippen LogP contribution in [0.25, 0.3) is 0 Å². The highest BCUT2D eigenvalue weighted by atomic mass is 16.5. The van der Waals surface area contributed by atoms with E-state index < -0.39 is 0 Å². The number of quaternary nitrogens is 1. The van der Waals surface area contributed by atoms with Crippen LogP contribution in [-0.2, 0) is 0 Å². The molecule has 12 heavy (non-hydrogen) atoms. The van der Waals surface area contributed by atoms with Crippen LogP contribution in [0.15, 0.2) is 24.3 Å². The van der Waals surface area contributed by atoms with Crippen LogP contribution in [0.4, 0.5) is 0 Å². The topological polar surface area (TPSA) is 46.1 Å². The van der Waals surface area contributed by atoms with E-state index in [1.807, 2.05) is 24.3 Å². The molecule has 0 aliphatic carbocycles. The SMILES string of the molecule is COc1cccc(OCC[NH3+])c1. The molecule has 1 aromatic rings. The first kappa shape index (κ1) is 8.87. The van der Waals surface area contributed by atoms with Gasteiger partial charge >= 0.3 is 0 Å². The van der Waals surface area contributed by atoms with Crippen molar-refractivity contribution in [3.63, 3.8) is 0 Å². The summed E-state index contributed by atoms with van der Waals surface area (Å²) < 4.78 is 10.4. The van der Waals surface area contributed by atoms with Gasteiger partial charge in [0.05, 0.1) is 7.11 Å². The highest BCUT2D eigenvalue weighted by Crippen LogP contribution is 2.18. The van der Waals surface area contributed by atoms with Crippen LogP contribution in [0.2, 0.25) is 0 Å². The average Bonchev–Trinajstić information content (AvgIpc) is 2.15. The average molecular weight is 168 g/mol. The molecule has 0 aliphatic rings. The fourth-order valence-corrected chi connectivity index (χ4v) is 0.881. The van der Waals surface area contributed by atoms with E-state index >= 15 is 0 Å². The summed E-state index contributed by atoms with van der Waals surface area (Å²) in [5.41, 5.74) is 3.69. The van der Waals surface area contributed by atoms with Gasteiger partial charge in [-0.3, -0.25) is 0 Å². The zero-order valence-corrected chi connectivity index (χ0v) is 7.25. The van der Waals surface area contributed by atoms with Gasteiger partial charge in [-0.2, -0.15) is 0 Å². The van der Waals surface area contributed by atoms with E-state index in [-0.39, 0.29) is 0 Å². The van der Waals surface area contributed by atoms with Gasteiger partial charge < -0.3 is 15.2 Å². The molecular formula is C9H14NO2+. The molecule has 0 amide bonds. The zero-order valence-electron chi connectivity index (χ0n) is 7.25. The Morgan fingerprint density at radius 1 is 1.33 bits per heavy atom. The van der Waals surface area contributed by atoms with Crippen LogP contribution in [0, 0.1) is 0 Å². The van der Waals surface area contributed by atoms with E-state index in [0.29, 0.717) is 6.61 Å². The van der Waals surface area contributed by atoms with Gasteiger partial charge in [-0.25, -0.2) is 0 Å². The third-order valence-electron chi connectivity index (χ3n) is 1.45. The Morgan fingerprint density at radius 2 is 2.08 bits per heavy atom. The monoisotopic (exact) mass is 168 g/mol. The van der Waals surface area contributed by atoms with E-state index in [4.69, 9.17) is 9.47 Å². The van der Waals surface area contributed by atoms with E-state index in [0.717, 1.165) is 18.0 Å². The highest BCUT2D eigenvalue weighted by Gasteiger charge is 1.95. The summed E-state index contributed by atoms with van der Waals surface area (Å²) in [6, 6.07) is 7.54. The Balaban J connectivity index is 2.60. The predicted molar refractivity (Wildman–Crippen MR) is 46.2 cm³/mol.